The first-order valence-corrected chi connectivity index (χ1v) is 11.6. The topological polar surface area (TPSA) is 90.3 Å². The third kappa shape index (κ3) is 5.22. The van der Waals surface area contributed by atoms with Crippen LogP contribution in [-0.2, 0) is 4.79 Å². The summed E-state index contributed by atoms with van der Waals surface area (Å²) in [6.45, 7) is -0.142. The van der Waals surface area contributed by atoms with Crippen molar-refractivity contribution >= 4 is 29.4 Å². The first-order chi connectivity index (χ1) is 17.1. The summed E-state index contributed by atoms with van der Waals surface area (Å²) in [6, 6.07) is 24.7. The number of nitrogens with one attached hydrogen (secondary N) is 2. The molecule has 1 aliphatic heterocycles. The van der Waals surface area contributed by atoms with Crippen LogP contribution < -0.4 is 20.1 Å². The fourth-order valence-electron chi connectivity index (χ4n) is 4.07. The Hall–Kier alpha value is -4.04. The Labute approximate surface area is 207 Å². The van der Waals surface area contributed by atoms with Gasteiger partial charge in [0.1, 0.15) is 11.5 Å². The van der Waals surface area contributed by atoms with Crippen LogP contribution in [0, 0.1) is 0 Å². The summed E-state index contributed by atoms with van der Waals surface area (Å²) >= 11 is 6.12. The zero-order valence-corrected chi connectivity index (χ0v) is 19.8. The molecule has 2 atom stereocenters. The van der Waals surface area contributed by atoms with Crippen LogP contribution in [0.1, 0.15) is 29.6 Å². The lowest BCUT2D eigenvalue weighted by Crippen LogP contribution is -2.28. The SMILES string of the molecule is COc1ccc([C@@H]2C[C@@H](c3ccc(Cl)cc3)n3nc(NC(=O)COc4ccccc4)nc3N2)cc1. The van der Waals surface area contributed by atoms with Gasteiger partial charge in [-0.25, -0.2) is 4.68 Å². The highest BCUT2D eigenvalue weighted by molar-refractivity contribution is 6.30. The van der Waals surface area contributed by atoms with Gasteiger partial charge in [0.15, 0.2) is 6.61 Å². The van der Waals surface area contributed by atoms with Crippen molar-refractivity contribution in [1.29, 1.82) is 0 Å². The second kappa shape index (κ2) is 10.1. The number of fused-ring (bicyclic) bond motifs is 1. The molecule has 8 nitrogen and oxygen atoms in total. The number of methoxy groups -OCH3 is 1. The summed E-state index contributed by atoms with van der Waals surface area (Å²) in [5, 5.41) is 11.4. The number of ether oxygens (including phenoxy) is 2. The highest BCUT2D eigenvalue weighted by atomic mass is 35.5. The quantitative estimate of drug-likeness (QED) is 0.375. The number of nitrogens with zero attached hydrogens (tertiary/aromatic N) is 3. The average Bonchev–Trinajstić information content (AvgIpc) is 3.30. The van der Waals surface area contributed by atoms with E-state index in [1.807, 2.05) is 66.7 Å². The lowest BCUT2D eigenvalue weighted by atomic mass is 9.93. The Kier molecular flexibility index (Phi) is 6.54. The van der Waals surface area contributed by atoms with Crippen molar-refractivity contribution in [3.05, 3.63) is 95.0 Å². The van der Waals surface area contributed by atoms with E-state index in [0.29, 0.717) is 16.7 Å². The minimum absolute atomic E-state index is 0.0109. The van der Waals surface area contributed by atoms with Gasteiger partial charge in [-0.15, -0.1) is 5.10 Å². The molecule has 0 radical (unpaired) electrons. The average molecular weight is 490 g/mol. The van der Waals surface area contributed by atoms with Crippen molar-refractivity contribution < 1.29 is 14.3 Å². The number of benzene rings is 3. The predicted molar refractivity (Wildman–Crippen MR) is 134 cm³/mol. The van der Waals surface area contributed by atoms with Crippen LogP contribution in [0.15, 0.2) is 78.9 Å². The van der Waals surface area contributed by atoms with Gasteiger partial charge in [0.25, 0.3) is 11.9 Å². The maximum Gasteiger partial charge on any atom is 0.264 e. The molecule has 1 amide bonds. The van der Waals surface area contributed by atoms with Crippen LogP contribution >= 0.6 is 11.6 Å². The number of aromatic nitrogens is 3. The number of hydrogen-bond donors (Lipinski definition) is 2. The van der Waals surface area contributed by atoms with Gasteiger partial charge in [0, 0.05) is 5.02 Å². The molecule has 2 N–H and O–H groups in total. The van der Waals surface area contributed by atoms with E-state index in [4.69, 9.17) is 21.1 Å². The van der Waals surface area contributed by atoms with Crippen LogP contribution in [0.3, 0.4) is 0 Å². The van der Waals surface area contributed by atoms with Crippen molar-refractivity contribution in [3.8, 4) is 11.5 Å². The molecule has 0 bridgehead atoms. The third-order valence-electron chi connectivity index (χ3n) is 5.83. The zero-order valence-electron chi connectivity index (χ0n) is 19.0. The van der Waals surface area contributed by atoms with Crippen LogP contribution in [0.25, 0.3) is 0 Å². The lowest BCUT2D eigenvalue weighted by Gasteiger charge is -2.31. The first kappa shape index (κ1) is 22.7. The van der Waals surface area contributed by atoms with Crippen molar-refractivity contribution in [1.82, 2.24) is 14.8 Å². The van der Waals surface area contributed by atoms with Crippen molar-refractivity contribution in [3.63, 3.8) is 0 Å². The monoisotopic (exact) mass is 489 g/mol. The van der Waals surface area contributed by atoms with E-state index >= 15 is 0 Å². The highest BCUT2D eigenvalue weighted by Crippen LogP contribution is 2.38. The van der Waals surface area contributed by atoms with Gasteiger partial charge in [-0.1, -0.05) is 54.1 Å². The molecule has 1 aromatic heterocycles. The molecule has 9 heteroatoms. The number of halogens is 1. The van der Waals surface area contributed by atoms with Crippen molar-refractivity contribution in [2.45, 2.75) is 18.5 Å². The normalized spacial score (nSPS) is 16.6. The Bertz CT molecular complexity index is 1290. The smallest absolute Gasteiger partial charge is 0.264 e. The molecule has 178 valence electrons. The molecule has 0 aliphatic carbocycles. The molecule has 4 aromatic rings. The summed E-state index contributed by atoms with van der Waals surface area (Å²) < 4.78 is 12.6. The van der Waals surface area contributed by atoms with E-state index in [9.17, 15) is 4.79 Å². The number of carbonyl (C=O) groups excluding carboxylic acids is 1. The van der Waals surface area contributed by atoms with E-state index in [0.717, 1.165) is 23.3 Å². The van der Waals surface area contributed by atoms with E-state index in [1.165, 1.54) is 0 Å². The number of para-hydroxylation sites is 1. The van der Waals surface area contributed by atoms with Gasteiger partial charge >= 0.3 is 0 Å². The first-order valence-electron chi connectivity index (χ1n) is 11.2. The molecule has 5 rings (SSSR count). The molecule has 0 saturated heterocycles. The number of hydrogen-bond acceptors (Lipinski definition) is 6. The Morgan fingerprint density at radius 1 is 1.03 bits per heavy atom. The fraction of sp³-hybridized carbons (Fsp3) is 0.192. The van der Waals surface area contributed by atoms with Gasteiger partial charge in [0.05, 0.1) is 19.2 Å². The zero-order chi connectivity index (χ0) is 24.2. The lowest BCUT2D eigenvalue weighted by molar-refractivity contribution is -0.118. The van der Waals surface area contributed by atoms with Gasteiger partial charge in [0.2, 0.25) is 5.95 Å². The van der Waals surface area contributed by atoms with E-state index in [1.54, 1.807) is 23.9 Å². The molecule has 0 spiro atoms. The maximum absolute atomic E-state index is 12.5. The summed E-state index contributed by atoms with van der Waals surface area (Å²) in [4.78, 5) is 17.0. The molecule has 3 aromatic carbocycles. The van der Waals surface area contributed by atoms with Crippen molar-refractivity contribution in [2.75, 3.05) is 24.4 Å². The summed E-state index contributed by atoms with van der Waals surface area (Å²) in [6.07, 6.45) is 0.731. The van der Waals surface area contributed by atoms with Gasteiger partial charge in [-0.3, -0.25) is 10.1 Å². The molecule has 0 saturated carbocycles. The predicted octanol–water partition coefficient (Wildman–Crippen LogP) is 5.10. The number of amides is 1. The molecule has 2 heterocycles. The Balaban J connectivity index is 1.38. The molecular formula is C26H24ClN5O3. The van der Waals surface area contributed by atoms with E-state index in [-0.39, 0.29) is 30.5 Å². The third-order valence-corrected chi connectivity index (χ3v) is 6.08. The number of anilines is 2. The standard InChI is InChI=1S/C26H24ClN5O3/c1-34-20-13-9-17(10-14-20)22-15-23(18-7-11-19(27)12-8-18)32-26(28-22)30-25(31-32)29-24(33)16-35-21-5-3-2-4-6-21/h2-14,22-23H,15-16H2,1H3,(H2,28,29,30,31,33)/t22-,23-/m0/s1. The molecule has 35 heavy (non-hydrogen) atoms. The van der Waals surface area contributed by atoms with E-state index < -0.39 is 0 Å². The minimum atomic E-state index is -0.341. The second-order valence-electron chi connectivity index (χ2n) is 8.13. The number of rotatable bonds is 7. The van der Waals surface area contributed by atoms with Gasteiger partial charge in [-0.05, 0) is 53.9 Å². The Morgan fingerprint density at radius 3 is 2.46 bits per heavy atom. The molecule has 0 unspecified atom stereocenters. The van der Waals surface area contributed by atoms with Crippen LogP contribution in [0.4, 0.5) is 11.9 Å². The van der Waals surface area contributed by atoms with Crippen LogP contribution in [-0.4, -0.2) is 34.4 Å². The summed E-state index contributed by atoms with van der Waals surface area (Å²) in [5.41, 5.74) is 2.15. The highest BCUT2D eigenvalue weighted by Gasteiger charge is 2.31. The van der Waals surface area contributed by atoms with Gasteiger partial charge in [-0.2, -0.15) is 4.98 Å². The summed E-state index contributed by atoms with van der Waals surface area (Å²) in [7, 11) is 1.65. The van der Waals surface area contributed by atoms with Gasteiger partial charge < -0.3 is 14.8 Å². The molecule has 0 fully saturated rings. The number of carbonyl (C=O) groups is 1. The van der Waals surface area contributed by atoms with E-state index in [2.05, 4.69) is 20.7 Å². The summed E-state index contributed by atoms with van der Waals surface area (Å²) in [5.74, 6) is 1.85. The van der Waals surface area contributed by atoms with Crippen LogP contribution in [0.5, 0.6) is 11.5 Å². The Morgan fingerprint density at radius 2 is 1.74 bits per heavy atom. The van der Waals surface area contributed by atoms with Crippen LogP contribution in [0.2, 0.25) is 5.02 Å². The second-order valence-corrected chi connectivity index (χ2v) is 8.56. The molecular weight excluding hydrogens is 466 g/mol. The van der Waals surface area contributed by atoms with Crippen molar-refractivity contribution in [2.24, 2.45) is 0 Å². The molecule has 1 aliphatic rings. The fourth-order valence-corrected chi connectivity index (χ4v) is 4.20. The minimum Gasteiger partial charge on any atom is -0.497 e. The largest absolute Gasteiger partial charge is 0.497 e. The maximum atomic E-state index is 12.5.